The van der Waals surface area contributed by atoms with Crippen molar-refractivity contribution in [1.29, 1.82) is 0 Å². The van der Waals surface area contributed by atoms with Crippen molar-refractivity contribution < 1.29 is 4.39 Å². The number of halogens is 1. The number of nitrogens with one attached hydrogen (secondary N) is 1. The maximum Gasteiger partial charge on any atom is 0.123 e. The normalized spacial score (nSPS) is 11.2. The van der Waals surface area contributed by atoms with Crippen molar-refractivity contribution in [2.24, 2.45) is 7.05 Å². The van der Waals surface area contributed by atoms with E-state index in [9.17, 15) is 4.39 Å². The molecule has 18 heavy (non-hydrogen) atoms. The Morgan fingerprint density at radius 3 is 2.72 bits per heavy atom. The highest BCUT2D eigenvalue weighted by Gasteiger charge is 2.10. The fourth-order valence-electron chi connectivity index (χ4n) is 1.89. The van der Waals surface area contributed by atoms with Crippen LogP contribution in [0.5, 0.6) is 0 Å². The van der Waals surface area contributed by atoms with Crippen LogP contribution < -0.4 is 5.32 Å². The van der Waals surface area contributed by atoms with Gasteiger partial charge in [-0.05, 0) is 23.8 Å². The lowest BCUT2D eigenvalue weighted by Crippen LogP contribution is -2.22. The van der Waals surface area contributed by atoms with Crippen molar-refractivity contribution in [3.8, 4) is 11.3 Å². The van der Waals surface area contributed by atoms with Crippen LogP contribution >= 0.6 is 0 Å². The lowest BCUT2D eigenvalue weighted by Gasteiger charge is -2.13. The average molecular weight is 247 g/mol. The maximum atomic E-state index is 13.4. The molecule has 1 aromatic carbocycles. The standard InChI is InChI=1S/C14H18FN3/c1-10(2)16-9-11-4-5-12(15)8-13(11)14-6-7-17-18(14)3/h4-8,10,16H,9H2,1-3H3. The van der Waals surface area contributed by atoms with Crippen molar-refractivity contribution >= 4 is 0 Å². The molecule has 0 fully saturated rings. The largest absolute Gasteiger partial charge is 0.310 e. The highest BCUT2D eigenvalue weighted by atomic mass is 19.1. The molecule has 0 saturated carbocycles. The van der Waals surface area contributed by atoms with Gasteiger partial charge in [-0.15, -0.1) is 0 Å². The molecular formula is C14H18FN3. The summed E-state index contributed by atoms with van der Waals surface area (Å²) < 4.78 is 15.2. The Hall–Kier alpha value is -1.68. The first kappa shape index (κ1) is 12.8. The van der Waals surface area contributed by atoms with E-state index in [1.165, 1.54) is 6.07 Å². The van der Waals surface area contributed by atoms with Gasteiger partial charge in [-0.3, -0.25) is 4.68 Å². The molecule has 1 aromatic heterocycles. The number of aromatic nitrogens is 2. The Balaban J connectivity index is 2.38. The third kappa shape index (κ3) is 2.76. The molecule has 1 heterocycles. The molecule has 2 rings (SSSR count). The van der Waals surface area contributed by atoms with Gasteiger partial charge in [0.1, 0.15) is 5.82 Å². The topological polar surface area (TPSA) is 29.9 Å². The summed E-state index contributed by atoms with van der Waals surface area (Å²) in [5, 5.41) is 7.48. The zero-order chi connectivity index (χ0) is 13.1. The summed E-state index contributed by atoms with van der Waals surface area (Å²) in [4.78, 5) is 0. The Kier molecular flexibility index (Phi) is 3.77. The number of hydrogen-bond acceptors (Lipinski definition) is 2. The number of rotatable bonds is 4. The molecule has 0 amide bonds. The molecule has 96 valence electrons. The van der Waals surface area contributed by atoms with Crippen LogP contribution in [-0.4, -0.2) is 15.8 Å². The van der Waals surface area contributed by atoms with Gasteiger partial charge < -0.3 is 5.32 Å². The second-order valence-corrected chi connectivity index (χ2v) is 4.68. The molecule has 0 aliphatic heterocycles. The molecule has 2 aromatic rings. The predicted molar refractivity (Wildman–Crippen MR) is 70.6 cm³/mol. The minimum atomic E-state index is -0.223. The van der Waals surface area contributed by atoms with Crippen LogP contribution in [0.1, 0.15) is 19.4 Å². The highest BCUT2D eigenvalue weighted by molar-refractivity contribution is 5.63. The number of aryl methyl sites for hydroxylation is 1. The van der Waals surface area contributed by atoms with E-state index in [0.717, 1.165) is 23.4 Å². The van der Waals surface area contributed by atoms with E-state index in [2.05, 4.69) is 24.3 Å². The monoisotopic (exact) mass is 247 g/mol. The quantitative estimate of drug-likeness (QED) is 0.900. The van der Waals surface area contributed by atoms with E-state index in [4.69, 9.17) is 0 Å². The third-order valence-electron chi connectivity index (χ3n) is 2.87. The lowest BCUT2D eigenvalue weighted by atomic mass is 10.0. The highest BCUT2D eigenvalue weighted by Crippen LogP contribution is 2.24. The van der Waals surface area contributed by atoms with Crippen molar-refractivity contribution in [3.05, 3.63) is 41.8 Å². The molecule has 1 N–H and O–H groups in total. The molecule has 0 radical (unpaired) electrons. The summed E-state index contributed by atoms with van der Waals surface area (Å²) in [6, 6.07) is 7.18. The SMILES string of the molecule is CC(C)NCc1ccc(F)cc1-c1ccnn1C. The minimum absolute atomic E-state index is 0.223. The van der Waals surface area contributed by atoms with Gasteiger partial charge in [0.15, 0.2) is 0 Å². The van der Waals surface area contributed by atoms with Gasteiger partial charge in [0.25, 0.3) is 0 Å². The van der Waals surface area contributed by atoms with E-state index >= 15 is 0 Å². The predicted octanol–water partition coefficient (Wildman–Crippen LogP) is 2.72. The zero-order valence-electron chi connectivity index (χ0n) is 10.9. The van der Waals surface area contributed by atoms with Gasteiger partial charge >= 0.3 is 0 Å². The Bertz CT molecular complexity index is 532. The molecule has 0 atom stereocenters. The molecule has 0 spiro atoms. The van der Waals surface area contributed by atoms with Crippen LogP contribution in [0.3, 0.4) is 0 Å². The van der Waals surface area contributed by atoms with Crippen LogP contribution in [0.15, 0.2) is 30.5 Å². The summed E-state index contributed by atoms with van der Waals surface area (Å²) >= 11 is 0. The Labute approximate surface area is 107 Å². The molecule has 0 unspecified atom stereocenters. The third-order valence-corrected chi connectivity index (χ3v) is 2.87. The molecule has 0 aliphatic carbocycles. The minimum Gasteiger partial charge on any atom is -0.310 e. The first-order valence-electron chi connectivity index (χ1n) is 6.08. The number of nitrogens with zero attached hydrogens (tertiary/aromatic N) is 2. The van der Waals surface area contributed by atoms with E-state index in [-0.39, 0.29) is 5.82 Å². The van der Waals surface area contributed by atoms with Gasteiger partial charge in [0.2, 0.25) is 0 Å². The fraction of sp³-hybridized carbons (Fsp3) is 0.357. The van der Waals surface area contributed by atoms with Crippen LogP contribution in [-0.2, 0) is 13.6 Å². The van der Waals surface area contributed by atoms with Crippen molar-refractivity contribution in [3.63, 3.8) is 0 Å². The average Bonchev–Trinajstić information content (AvgIpc) is 2.73. The van der Waals surface area contributed by atoms with Gasteiger partial charge in [0, 0.05) is 31.4 Å². The van der Waals surface area contributed by atoms with Crippen LogP contribution in [0, 0.1) is 5.82 Å². The van der Waals surface area contributed by atoms with Crippen molar-refractivity contribution in [2.75, 3.05) is 0 Å². The van der Waals surface area contributed by atoms with Crippen LogP contribution in [0.4, 0.5) is 4.39 Å². The van der Waals surface area contributed by atoms with E-state index < -0.39 is 0 Å². The Morgan fingerprint density at radius 1 is 1.33 bits per heavy atom. The molecule has 3 nitrogen and oxygen atoms in total. The van der Waals surface area contributed by atoms with E-state index in [0.29, 0.717) is 6.04 Å². The van der Waals surface area contributed by atoms with E-state index in [1.807, 2.05) is 19.2 Å². The van der Waals surface area contributed by atoms with Crippen molar-refractivity contribution in [2.45, 2.75) is 26.4 Å². The zero-order valence-corrected chi connectivity index (χ0v) is 10.9. The van der Waals surface area contributed by atoms with Gasteiger partial charge in [-0.25, -0.2) is 4.39 Å². The van der Waals surface area contributed by atoms with Gasteiger partial charge in [-0.2, -0.15) is 5.10 Å². The summed E-state index contributed by atoms with van der Waals surface area (Å²) in [6.07, 6.45) is 1.72. The first-order valence-corrected chi connectivity index (χ1v) is 6.08. The smallest absolute Gasteiger partial charge is 0.123 e. The molecule has 4 heteroatoms. The number of benzene rings is 1. The molecule has 0 saturated heterocycles. The summed E-state index contributed by atoms with van der Waals surface area (Å²) in [7, 11) is 1.86. The van der Waals surface area contributed by atoms with Gasteiger partial charge in [0.05, 0.1) is 5.69 Å². The fourth-order valence-corrected chi connectivity index (χ4v) is 1.89. The molecule has 0 bridgehead atoms. The van der Waals surface area contributed by atoms with Crippen LogP contribution in [0.2, 0.25) is 0 Å². The summed E-state index contributed by atoms with van der Waals surface area (Å²) in [5.41, 5.74) is 2.90. The van der Waals surface area contributed by atoms with Gasteiger partial charge in [-0.1, -0.05) is 19.9 Å². The molecular weight excluding hydrogens is 229 g/mol. The Morgan fingerprint density at radius 2 is 2.11 bits per heavy atom. The van der Waals surface area contributed by atoms with E-state index in [1.54, 1.807) is 16.9 Å². The first-order chi connectivity index (χ1) is 8.58. The summed E-state index contributed by atoms with van der Waals surface area (Å²) in [6.45, 7) is 4.90. The second-order valence-electron chi connectivity index (χ2n) is 4.68. The molecule has 0 aliphatic rings. The lowest BCUT2D eigenvalue weighted by molar-refractivity contribution is 0.586. The van der Waals surface area contributed by atoms with Crippen molar-refractivity contribution in [1.82, 2.24) is 15.1 Å². The maximum absolute atomic E-state index is 13.4. The second kappa shape index (κ2) is 5.31. The summed E-state index contributed by atoms with van der Waals surface area (Å²) in [5.74, 6) is -0.223. The van der Waals surface area contributed by atoms with Crippen LogP contribution in [0.25, 0.3) is 11.3 Å². The number of hydrogen-bond donors (Lipinski definition) is 1.